The topological polar surface area (TPSA) is 85.8 Å². The molecule has 8 heteroatoms. The SMILES string of the molecule is Cc1ccc(C(=O)Nc2cc(Cl)cc(CN3CCN(C(=O)O)C(C)C3)c2C)cn1. The van der Waals surface area contributed by atoms with Crippen molar-refractivity contribution in [2.24, 2.45) is 0 Å². The number of carbonyl (C=O) groups is 2. The highest BCUT2D eigenvalue weighted by atomic mass is 35.5. The first kappa shape index (κ1) is 21.1. The Morgan fingerprint density at radius 2 is 2.03 bits per heavy atom. The van der Waals surface area contributed by atoms with E-state index in [1.54, 1.807) is 24.4 Å². The Morgan fingerprint density at radius 3 is 2.66 bits per heavy atom. The van der Waals surface area contributed by atoms with Gasteiger partial charge in [0.2, 0.25) is 0 Å². The molecule has 2 amide bonds. The number of piperazine rings is 1. The van der Waals surface area contributed by atoms with Crippen molar-refractivity contribution in [2.75, 3.05) is 25.0 Å². The number of anilines is 1. The number of nitrogens with zero attached hydrogens (tertiary/aromatic N) is 3. The zero-order valence-corrected chi connectivity index (χ0v) is 17.5. The molecule has 0 saturated carbocycles. The third kappa shape index (κ3) is 5.05. The zero-order chi connectivity index (χ0) is 21.1. The monoisotopic (exact) mass is 416 g/mol. The smallest absolute Gasteiger partial charge is 0.407 e. The van der Waals surface area contributed by atoms with E-state index in [2.05, 4.69) is 15.2 Å². The number of rotatable bonds is 4. The molecule has 29 heavy (non-hydrogen) atoms. The Kier molecular flexibility index (Phi) is 6.39. The molecular formula is C21H25ClN4O3. The highest BCUT2D eigenvalue weighted by Gasteiger charge is 2.27. The number of aryl methyl sites for hydroxylation is 1. The van der Waals surface area contributed by atoms with E-state index in [9.17, 15) is 14.7 Å². The van der Waals surface area contributed by atoms with Gasteiger partial charge in [-0.25, -0.2) is 4.79 Å². The molecule has 1 aliphatic rings. The molecule has 154 valence electrons. The highest BCUT2D eigenvalue weighted by Crippen LogP contribution is 2.27. The number of hydrogen-bond acceptors (Lipinski definition) is 4. The predicted molar refractivity (Wildman–Crippen MR) is 113 cm³/mol. The van der Waals surface area contributed by atoms with Crippen LogP contribution in [0.1, 0.15) is 34.1 Å². The molecule has 0 radical (unpaired) electrons. The number of pyridine rings is 1. The summed E-state index contributed by atoms with van der Waals surface area (Å²) < 4.78 is 0. The van der Waals surface area contributed by atoms with Gasteiger partial charge in [-0.15, -0.1) is 0 Å². The summed E-state index contributed by atoms with van der Waals surface area (Å²) in [6.07, 6.45) is 0.668. The fourth-order valence-corrected chi connectivity index (χ4v) is 3.77. The van der Waals surface area contributed by atoms with Gasteiger partial charge in [0, 0.05) is 54.8 Å². The molecule has 1 unspecified atom stereocenters. The minimum absolute atomic E-state index is 0.0750. The van der Waals surface area contributed by atoms with E-state index in [1.807, 2.05) is 26.8 Å². The van der Waals surface area contributed by atoms with Crippen molar-refractivity contribution in [3.05, 3.63) is 57.9 Å². The first-order valence-corrected chi connectivity index (χ1v) is 9.87. The Labute approximate surface area is 175 Å². The maximum atomic E-state index is 12.6. The number of carboxylic acid groups (broad SMARTS) is 1. The average molecular weight is 417 g/mol. The van der Waals surface area contributed by atoms with Crippen molar-refractivity contribution in [3.8, 4) is 0 Å². The lowest BCUT2D eigenvalue weighted by molar-refractivity contribution is 0.0710. The van der Waals surface area contributed by atoms with Gasteiger partial charge in [0.05, 0.1) is 5.56 Å². The summed E-state index contributed by atoms with van der Waals surface area (Å²) in [5.41, 5.74) is 3.94. The molecule has 1 aliphatic heterocycles. The summed E-state index contributed by atoms with van der Waals surface area (Å²) in [6, 6.07) is 7.10. The molecule has 2 aromatic rings. The van der Waals surface area contributed by atoms with Crippen LogP contribution in [0.4, 0.5) is 10.5 Å². The highest BCUT2D eigenvalue weighted by molar-refractivity contribution is 6.31. The summed E-state index contributed by atoms with van der Waals surface area (Å²) >= 11 is 6.32. The minimum Gasteiger partial charge on any atom is -0.465 e. The van der Waals surface area contributed by atoms with E-state index < -0.39 is 6.09 Å². The van der Waals surface area contributed by atoms with Crippen LogP contribution in [0.5, 0.6) is 0 Å². The average Bonchev–Trinajstić information content (AvgIpc) is 2.65. The van der Waals surface area contributed by atoms with Gasteiger partial charge in [0.25, 0.3) is 5.91 Å². The Morgan fingerprint density at radius 1 is 1.28 bits per heavy atom. The van der Waals surface area contributed by atoms with Gasteiger partial charge >= 0.3 is 6.09 Å². The lowest BCUT2D eigenvalue weighted by Gasteiger charge is -2.38. The Bertz CT molecular complexity index is 917. The normalized spacial score (nSPS) is 17.2. The molecular weight excluding hydrogens is 392 g/mol. The third-order valence-corrected chi connectivity index (χ3v) is 5.47. The number of nitrogens with one attached hydrogen (secondary N) is 1. The molecule has 1 atom stereocenters. The van der Waals surface area contributed by atoms with Crippen molar-refractivity contribution < 1.29 is 14.7 Å². The molecule has 1 aromatic carbocycles. The van der Waals surface area contributed by atoms with E-state index >= 15 is 0 Å². The van der Waals surface area contributed by atoms with Crippen LogP contribution >= 0.6 is 11.6 Å². The number of benzene rings is 1. The number of carbonyl (C=O) groups excluding carboxylic acids is 1. The fraction of sp³-hybridized carbons (Fsp3) is 0.381. The van der Waals surface area contributed by atoms with Gasteiger partial charge in [-0.1, -0.05) is 11.6 Å². The summed E-state index contributed by atoms with van der Waals surface area (Å²) in [7, 11) is 0. The Balaban J connectivity index is 1.74. The molecule has 1 fully saturated rings. The molecule has 2 N–H and O–H groups in total. The summed E-state index contributed by atoms with van der Waals surface area (Å²) in [6.45, 7) is 8.14. The molecule has 1 saturated heterocycles. The number of aromatic nitrogens is 1. The largest absolute Gasteiger partial charge is 0.465 e. The zero-order valence-electron chi connectivity index (χ0n) is 16.8. The second-order valence-electron chi connectivity index (χ2n) is 7.44. The molecule has 0 bridgehead atoms. The minimum atomic E-state index is -0.883. The standard InChI is InChI=1S/C21H25ClN4O3/c1-13-4-5-16(10-23-13)20(27)24-19-9-18(22)8-17(15(19)3)12-25-6-7-26(21(28)29)14(2)11-25/h4-5,8-10,14H,6-7,11-12H2,1-3H3,(H,24,27)(H,28,29). The van der Waals surface area contributed by atoms with E-state index in [0.29, 0.717) is 42.5 Å². The van der Waals surface area contributed by atoms with Gasteiger partial charge in [-0.3, -0.25) is 14.7 Å². The van der Waals surface area contributed by atoms with Crippen LogP contribution in [-0.4, -0.2) is 57.6 Å². The molecule has 1 aromatic heterocycles. The van der Waals surface area contributed by atoms with E-state index in [1.165, 1.54) is 4.90 Å². The van der Waals surface area contributed by atoms with Crippen LogP contribution in [0.15, 0.2) is 30.5 Å². The van der Waals surface area contributed by atoms with Crippen molar-refractivity contribution in [1.29, 1.82) is 0 Å². The van der Waals surface area contributed by atoms with Crippen molar-refractivity contribution in [2.45, 2.75) is 33.4 Å². The molecule has 0 spiro atoms. The van der Waals surface area contributed by atoms with Gasteiger partial charge in [-0.2, -0.15) is 0 Å². The van der Waals surface area contributed by atoms with Crippen LogP contribution < -0.4 is 5.32 Å². The quantitative estimate of drug-likeness (QED) is 0.791. The Hall–Kier alpha value is -2.64. The number of amides is 2. The molecule has 3 rings (SSSR count). The molecule has 0 aliphatic carbocycles. The van der Waals surface area contributed by atoms with Crippen molar-refractivity contribution in [1.82, 2.24) is 14.8 Å². The van der Waals surface area contributed by atoms with E-state index in [0.717, 1.165) is 16.8 Å². The van der Waals surface area contributed by atoms with E-state index in [4.69, 9.17) is 11.6 Å². The lowest BCUT2D eigenvalue weighted by atomic mass is 10.0. The van der Waals surface area contributed by atoms with Gasteiger partial charge < -0.3 is 15.3 Å². The summed E-state index contributed by atoms with van der Waals surface area (Å²) in [5, 5.41) is 12.7. The van der Waals surface area contributed by atoms with E-state index in [-0.39, 0.29) is 11.9 Å². The van der Waals surface area contributed by atoms with Crippen LogP contribution in [0.25, 0.3) is 0 Å². The third-order valence-electron chi connectivity index (χ3n) is 5.25. The van der Waals surface area contributed by atoms with Crippen molar-refractivity contribution >= 4 is 29.3 Å². The van der Waals surface area contributed by atoms with Gasteiger partial charge in [0.15, 0.2) is 0 Å². The lowest BCUT2D eigenvalue weighted by Crippen LogP contribution is -2.53. The predicted octanol–water partition coefficient (Wildman–Crippen LogP) is 3.79. The molecule has 2 heterocycles. The molecule has 7 nitrogen and oxygen atoms in total. The summed E-state index contributed by atoms with van der Waals surface area (Å²) in [4.78, 5) is 31.7. The van der Waals surface area contributed by atoms with Crippen molar-refractivity contribution in [3.63, 3.8) is 0 Å². The van der Waals surface area contributed by atoms with Gasteiger partial charge in [-0.05, 0) is 56.2 Å². The first-order chi connectivity index (χ1) is 13.7. The van der Waals surface area contributed by atoms with Gasteiger partial charge in [0.1, 0.15) is 0 Å². The van der Waals surface area contributed by atoms with Crippen LogP contribution in [0.2, 0.25) is 5.02 Å². The second kappa shape index (κ2) is 8.80. The summed E-state index contributed by atoms with van der Waals surface area (Å²) in [5.74, 6) is -0.238. The van der Waals surface area contributed by atoms with Crippen LogP contribution in [0.3, 0.4) is 0 Å². The maximum Gasteiger partial charge on any atom is 0.407 e. The number of halogens is 1. The fourth-order valence-electron chi connectivity index (χ4n) is 3.53. The maximum absolute atomic E-state index is 12.6. The first-order valence-electron chi connectivity index (χ1n) is 9.49. The number of hydrogen-bond donors (Lipinski definition) is 2. The second-order valence-corrected chi connectivity index (χ2v) is 7.88. The van der Waals surface area contributed by atoms with Crippen LogP contribution in [0, 0.1) is 13.8 Å². The van der Waals surface area contributed by atoms with Crippen LogP contribution in [-0.2, 0) is 6.54 Å².